The minimum absolute atomic E-state index is 0.250. The summed E-state index contributed by atoms with van der Waals surface area (Å²) in [5.41, 5.74) is 0.787. The fraction of sp³-hybridized carbons (Fsp3) is 0.571. The van der Waals surface area contributed by atoms with Gasteiger partial charge in [0.15, 0.2) is 0 Å². The number of aryl methyl sites for hydroxylation is 1. The zero-order valence-corrected chi connectivity index (χ0v) is 12.0. The van der Waals surface area contributed by atoms with Crippen LogP contribution in [-0.2, 0) is 4.74 Å². The third-order valence-corrected chi connectivity index (χ3v) is 3.25. The summed E-state index contributed by atoms with van der Waals surface area (Å²) in [5, 5.41) is 9.02. The molecule has 0 aliphatic carbocycles. The van der Waals surface area contributed by atoms with Crippen molar-refractivity contribution in [3.63, 3.8) is 0 Å². The number of carboxylic acids is 1. The average Bonchev–Trinajstić information content (AvgIpc) is 2.38. The summed E-state index contributed by atoms with van der Waals surface area (Å²) < 4.78 is 5.12. The van der Waals surface area contributed by atoms with E-state index >= 15 is 0 Å². The standard InChI is InChI=1S/C14H22N2O3/c1-5-10(2)16(8-9-19-4)13-7-6-12(14(17)18)11(3)15-13/h6-7,10H,5,8-9H2,1-4H3,(H,17,18). The Morgan fingerprint density at radius 2 is 2.21 bits per heavy atom. The van der Waals surface area contributed by atoms with Gasteiger partial charge in [-0.25, -0.2) is 9.78 Å². The van der Waals surface area contributed by atoms with Gasteiger partial charge in [0.2, 0.25) is 0 Å². The fourth-order valence-electron chi connectivity index (χ4n) is 1.90. The highest BCUT2D eigenvalue weighted by Gasteiger charge is 2.16. The molecule has 0 aromatic carbocycles. The Bertz CT molecular complexity index is 435. The maximum Gasteiger partial charge on any atom is 0.337 e. The molecule has 0 spiro atoms. The van der Waals surface area contributed by atoms with Gasteiger partial charge in [0, 0.05) is 19.7 Å². The van der Waals surface area contributed by atoms with E-state index in [1.807, 2.05) is 0 Å². The zero-order valence-electron chi connectivity index (χ0n) is 12.0. The molecule has 0 bridgehead atoms. The molecule has 1 aromatic rings. The molecule has 1 atom stereocenters. The maximum absolute atomic E-state index is 11.0. The number of nitrogens with zero attached hydrogens (tertiary/aromatic N) is 2. The molecule has 1 aromatic heterocycles. The van der Waals surface area contributed by atoms with Gasteiger partial charge in [-0.15, -0.1) is 0 Å². The number of aromatic nitrogens is 1. The molecule has 0 aliphatic heterocycles. The van der Waals surface area contributed by atoms with Crippen LogP contribution in [0.4, 0.5) is 5.82 Å². The van der Waals surface area contributed by atoms with Gasteiger partial charge in [-0.2, -0.15) is 0 Å². The highest BCUT2D eigenvalue weighted by atomic mass is 16.5. The van der Waals surface area contributed by atoms with Crippen molar-refractivity contribution >= 4 is 11.8 Å². The van der Waals surface area contributed by atoms with Crippen LogP contribution in [0.15, 0.2) is 12.1 Å². The van der Waals surface area contributed by atoms with E-state index < -0.39 is 5.97 Å². The van der Waals surface area contributed by atoms with Gasteiger partial charge in [0.1, 0.15) is 5.82 Å². The Labute approximate surface area is 114 Å². The van der Waals surface area contributed by atoms with Gasteiger partial charge in [-0.1, -0.05) is 6.92 Å². The summed E-state index contributed by atoms with van der Waals surface area (Å²) in [6.45, 7) is 7.31. The van der Waals surface area contributed by atoms with E-state index in [-0.39, 0.29) is 5.56 Å². The van der Waals surface area contributed by atoms with Crippen molar-refractivity contribution in [2.24, 2.45) is 0 Å². The van der Waals surface area contributed by atoms with Crippen LogP contribution in [0.1, 0.15) is 36.3 Å². The van der Waals surface area contributed by atoms with Gasteiger partial charge >= 0.3 is 5.97 Å². The molecular weight excluding hydrogens is 244 g/mol. The first-order valence-corrected chi connectivity index (χ1v) is 6.47. The second kappa shape index (κ2) is 7.09. The highest BCUT2D eigenvalue weighted by Crippen LogP contribution is 2.18. The molecule has 0 saturated heterocycles. The molecule has 1 N–H and O–H groups in total. The number of aromatic carboxylic acids is 1. The molecule has 1 heterocycles. The van der Waals surface area contributed by atoms with Crippen LogP contribution in [-0.4, -0.2) is 42.4 Å². The lowest BCUT2D eigenvalue weighted by Gasteiger charge is -2.29. The average molecular weight is 266 g/mol. The van der Waals surface area contributed by atoms with Crippen LogP contribution < -0.4 is 4.90 Å². The van der Waals surface area contributed by atoms with E-state index in [2.05, 4.69) is 23.7 Å². The van der Waals surface area contributed by atoms with Gasteiger partial charge in [0.05, 0.1) is 17.9 Å². The second-order valence-corrected chi connectivity index (χ2v) is 4.55. The van der Waals surface area contributed by atoms with Crippen LogP contribution in [0.25, 0.3) is 0 Å². The smallest absolute Gasteiger partial charge is 0.337 e. The van der Waals surface area contributed by atoms with Crippen LogP contribution >= 0.6 is 0 Å². The number of hydrogen-bond donors (Lipinski definition) is 1. The molecule has 5 heteroatoms. The zero-order chi connectivity index (χ0) is 14.4. The van der Waals surface area contributed by atoms with Crippen molar-refractivity contribution in [1.29, 1.82) is 0 Å². The molecule has 0 fully saturated rings. The second-order valence-electron chi connectivity index (χ2n) is 4.55. The Balaban J connectivity index is 3.02. The summed E-state index contributed by atoms with van der Waals surface area (Å²) in [6.07, 6.45) is 0.991. The molecule has 1 unspecified atom stereocenters. The number of pyridine rings is 1. The lowest BCUT2D eigenvalue weighted by molar-refractivity contribution is 0.0695. The van der Waals surface area contributed by atoms with E-state index in [9.17, 15) is 4.79 Å². The molecule has 0 radical (unpaired) electrons. The summed E-state index contributed by atoms with van der Waals surface area (Å²) in [7, 11) is 1.67. The number of carbonyl (C=O) groups is 1. The molecule has 0 aliphatic rings. The third-order valence-electron chi connectivity index (χ3n) is 3.25. The van der Waals surface area contributed by atoms with E-state index in [0.29, 0.717) is 18.3 Å². The van der Waals surface area contributed by atoms with E-state index in [0.717, 1.165) is 18.8 Å². The van der Waals surface area contributed by atoms with Gasteiger partial charge in [-0.05, 0) is 32.4 Å². The van der Waals surface area contributed by atoms with Crippen LogP contribution in [0.3, 0.4) is 0 Å². The minimum Gasteiger partial charge on any atom is -0.478 e. The van der Waals surface area contributed by atoms with Crippen molar-refractivity contribution in [3.05, 3.63) is 23.4 Å². The number of carboxylic acid groups (broad SMARTS) is 1. The topological polar surface area (TPSA) is 62.7 Å². The summed E-state index contributed by atoms with van der Waals surface area (Å²) >= 11 is 0. The molecule has 5 nitrogen and oxygen atoms in total. The van der Waals surface area contributed by atoms with Gasteiger partial charge in [-0.3, -0.25) is 0 Å². The third kappa shape index (κ3) is 3.92. The Kier molecular flexibility index (Phi) is 5.76. The molecular formula is C14H22N2O3. The van der Waals surface area contributed by atoms with E-state index in [4.69, 9.17) is 9.84 Å². The number of ether oxygens (including phenoxy) is 1. The van der Waals surface area contributed by atoms with Crippen molar-refractivity contribution in [3.8, 4) is 0 Å². The van der Waals surface area contributed by atoms with Crippen molar-refractivity contribution < 1.29 is 14.6 Å². The van der Waals surface area contributed by atoms with Crippen molar-refractivity contribution in [2.45, 2.75) is 33.2 Å². The number of hydrogen-bond acceptors (Lipinski definition) is 4. The predicted molar refractivity (Wildman–Crippen MR) is 74.9 cm³/mol. The lowest BCUT2D eigenvalue weighted by Crippen LogP contribution is -2.36. The first kappa shape index (κ1) is 15.4. The monoisotopic (exact) mass is 266 g/mol. The molecule has 0 saturated carbocycles. The number of methoxy groups -OCH3 is 1. The Hall–Kier alpha value is -1.62. The Morgan fingerprint density at radius 3 is 2.68 bits per heavy atom. The summed E-state index contributed by atoms with van der Waals surface area (Å²) in [6, 6.07) is 3.71. The van der Waals surface area contributed by atoms with Gasteiger partial charge < -0.3 is 14.7 Å². The maximum atomic E-state index is 11.0. The largest absolute Gasteiger partial charge is 0.478 e. The SMILES string of the molecule is CCC(C)N(CCOC)c1ccc(C(=O)O)c(C)n1. The van der Waals surface area contributed by atoms with Crippen LogP contribution in [0.2, 0.25) is 0 Å². The number of rotatable bonds is 7. The van der Waals surface area contributed by atoms with Crippen LogP contribution in [0.5, 0.6) is 0 Å². The quantitative estimate of drug-likeness (QED) is 0.820. The van der Waals surface area contributed by atoms with Crippen LogP contribution in [0, 0.1) is 6.92 Å². The van der Waals surface area contributed by atoms with Gasteiger partial charge in [0.25, 0.3) is 0 Å². The van der Waals surface area contributed by atoms with Crippen molar-refractivity contribution in [1.82, 2.24) is 4.98 Å². The fourth-order valence-corrected chi connectivity index (χ4v) is 1.90. The highest BCUT2D eigenvalue weighted by molar-refractivity contribution is 5.89. The lowest BCUT2D eigenvalue weighted by atomic mass is 10.1. The predicted octanol–water partition coefficient (Wildman–Crippen LogP) is 2.34. The summed E-state index contributed by atoms with van der Waals surface area (Å²) in [4.78, 5) is 17.5. The minimum atomic E-state index is -0.941. The molecule has 1 rings (SSSR count). The first-order chi connectivity index (χ1) is 9.01. The summed E-state index contributed by atoms with van der Waals surface area (Å²) in [5.74, 6) is -0.141. The molecule has 0 amide bonds. The molecule has 19 heavy (non-hydrogen) atoms. The molecule has 106 valence electrons. The van der Waals surface area contributed by atoms with Crippen molar-refractivity contribution in [2.75, 3.05) is 25.2 Å². The first-order valence-electron chi connectivity index (χ1n) is 6.47. The number of anilines is 1. The van der Waals surface area contributed by atoms with E-state index in [1.165, 1.54) is 0 Å². The Morgan fingerprint density at radius 1 is 1.53 bits per heavy atom. The van der Waals surface area contributed by atoms with E-state index in [1.54, 1.807) is 26.2 Å². The normalized spacial score (nSPS) is 12.2.